The Hall–Kier alpha value is -2.71. The number of benzene rings is 2. The van der Waals surface area contributed by atoms with Crippen molar-refractivity contribution in [1.29, 1.82) is 0 Å². The number of carbonyl (C=O) groups excluding carboxylic acids is 1. The summed E-state index contributed by atoms with van der Waals surface area (Å²) >= 11 is 0. The Kier molecular flexibility index (Phi) is 10.9. The lowest BCUT2D eigenvalue weighted by Crippen LogP contribution is -2.39. The molecule has 6 nitrogen and oxygen atoms in total. The number of carbonyl (C=O) groups is 1. The monoisotopic (exact) mass is 503 g/mol. The molecular formula is C28H39F2N3O3. The van der Waals surface area contributed by atoms with Gasteiger partial charge in [0.05, 0.1) is 6.61 Å². The van der Waals surface area contributed by atoms with Crippen molar-refractivity contribution in [1.82, 2.24) is 10.2 Å². The van der Waals surface area contributed by atoms with E-state index in [1.54, 1.807) is 24.3 Å². The molecule has 1 unspecified atom stereocenters. The summed E-state index contributed by atoms with van der Waals surface area (Å²) in [4.78, 5) is 13.2. The lowest BCUT2D eigenvalue weighted by molar-refractivity contribution is -0.0551. The standard InChI is InChI=1S/C28H39F2N3O3/c1-22(12-15-32-16-20-35-25-10-6-24(7-11-25)27(31)34)21-36-26-8-4-23(5-9-26)3-2-17-33-18-13-28(29,30)14-19-33/h4-11,22,32H,2-3,12-21H2,1H3,(H2,31,34). The number of ether oxygens (including phenoxy) is 2. The van der Waals surface area contributed by atoms with Crippen molar-refractivity contribution in [2.24, 2.45) is 11.7 Å². The Morgan fingerprint density at radius 2 is 1.67 bits per heavy atom. The minimum atomic E-state index is -2.47. The summed E-state index contributed by atoms with van der Waals surface area (Å²) in [6.45, 7) is 6.84. The first-order valence-electron chi connectivity index (χ1n) is 12.9. The number of nitrogens with one attached hydrogen (secondary N) is 1. The zero-order valence-electron chi connectivity index (χ0n) is 21.2. The van der Waals surface area contributed by atoms with Gasteiger partial charge in [-0.1, -0.05) is 19.1 Å². The first-order chi connectivity index (χ1) is 17.3. The Labute approximate surface area is 213 Å². The van der Waals surface area contributed by atoms with E-state index in [2.05, 4.69) is 29.3 Å². The molecule has 3 N–H and O–H groups in total. The number of primary amides is 1. The van der Waals surface area contributed by atoms with E-state index in [-0.39, 0.29) is 12.8 Å². The summed E-state index contributed by atoms with van der Waals surface area (Å²) in [5, 5.41) is 3.37. The summed E-state index contributed by atoms with van der Waals surface area (Å²) < 4.78 is 38.1. The van der Waals surface area contributed by atoms with Crippen molar-refractivity contribution in [3.63, 3.8) is 0 Å². The molecule has 2 aromatic carbocycles. The molecule has 1 heterocycles. The van der Waals surface area contributed by atoms with E-state index in [1.165, 1.54) is 5.56 Å². The van der Waals surface area contributed by atoms with E-state index in [1.807, 2.05) is 12.1 Å². The molecule has 8 heteroatoms. The van der Waals surface area contributed by atoms with E-state index in [0.29, 0.717) is 43.5 Å². The fourth-order valence-corrected chi connectivity index (χ4v) is 4.11. The Balaban J connectivity index is 1.21. The summed E-state index contributed by atoms with van der Waals surface area (Å²) in [5.74, 6) is -0.927. The molecule has 1 aliphatic heterocycles. The number of aryl methyl sites for hydroxylation is 1. The van der Waals surface area contributed by atoms with E-state index < -0.39 is 11.8 Å². The summed E-state index contributed by atoms with van der Waals surface area (Å²) in [6.07, 6.45) is 2.88. The molecule has 1 amide bonds. The fraction of sp³-hybridized carbons (Fsp3) is 0.536. The summed E-state index contributed by atoms with van der Waals surface area (Å²) in [6, 6.07) is 15.0. The van der Waals surface area contributed by atoms with Crippen LogP contribution in [0.2, 0.25) is 0 Å². The molecule has 1 saturated heterocycles. The van der Waals surface area contributed by atoms with Crippen molar-refractivity contribution in [3.8, 4) is 11.5 Å². The van der Waals surface area contributed by atoms with Gasteiger partial charge in [-0.2, -0.15) is 0 Å². The molecule has 198 valence electrons. The van der Waals surface area contributed by atoms with Gasteiger partial charge in [-0.25, -0.2) is 8.78 Å². The normalized spacial score (nSPS) is 16.4. The van der Waals surface area contributed by atoms with Gasteiger partial charge in [0.2, 0.25) is 5.91 Å². The van der Waals surface area contributed by atoms with Gasteiger partial charge < -0.3 is 25.4 Å². The topological polar surface area (TPSA) is 76.8 Å². The van der Waals surface area contributed by atoms with Crippen LogP contribution in [0.5, 0.6) is 11.5 Å². The maximum atomic E-state index is 13.2. The highest BCUT2D eigenvalue weighted by Gasteiger charge is 2.33. The van der Waals surface area contributed by atoms with Crippen molar-refractivity contribution in [3.05, 3.63) is 59.7 Å². The second kappa shape index (κ2) is 14.1. The molecule has 1 atom stereocenters. The number of hydrogen-bond donors (Lipinski definition) is 2. The van der Waals surface area contributed by atoms with Gasteiger partial charge in [0.25, 0.3) is 5.92 Å². The maximum Gasteiger partial charge on any atom is 0.250 e. The predicted octanol–water partition coefficient (Wildman–Crippen LogP) is 4.52. The van der Waals surface area contributed by atoms with E-state index >= 15 is 0 Å². The minimum absolute atomic E-state index is 0.0162. The average Bonchev–Trinajstić information content (AvgIpc) is 2.87. The van der Waals surface area contributed by atoms with Crippen LogP contribution < -0.4 is 20.5 Å². The second-order valence-electron chi connectivity index (χ2n) is 9.64. The van der Waals surface area contributed by atoms with Gasteiger partial charge in [-0.05, 0) is 80.2 Å². The minimum Gasteiger partial charge on any atom is -0.493 e. The third kappa shape index (κ3) is 10.1. The molecule has 0 radical (unpaired) electrons. The third-order valence-electron chi connectivity index (χ3n) is 6.49. The van der Waals surface area contributed by atoms with Crippen LogP contribution in [0.15, 0.2) is 48.5 Å². The Morgan fingerprint density at radius 3 is 2.33 bits per heavy atom. The smallest absolute Gasteiger partial charge is 0.250 e. The molecule has 2 aromatic rings. The van der Waals surface area contributed by atoms with E-state index in [9.17, 15) is 13.6 Å². The van der Waals surface area contributed by atoms with Crippen LogP contribution in [0.4, 0.5) is 8.78 Å². The zero-order chi connectivity index (χ0) is 25.8. The molecule has 0 bridgehead atoms. The third-order valence-corrected chi connectivity index (χ3v) is 6.49. The Bertz CT molecular complexity index is 913. The quantitative estimate of drug-likeness (QED) is 0.350. The largest absolute Gasteiger partial charge is 0.493 e. The Morgan fingerprint density at radius 1 is 1.03 bits per heavy atom. The SMILES string of the molecule is CC(CCNCCOc1ccc(C(N)=O)cc1)COc1ccc(CCCN2CCC(F)(F)CC2)cc1. The average molecular weight is 504 g/mol. The van der Waals surface area contributed by atoms with Crippen LogP contribution in [-0.2, 0) is 6.42 Å². The number of alkyl halides is 2. The van der Waals surface area contributed by atoms with Gasteiger partial charge >= 0.3 is 0 Å². The number of amides is 1. The van der Waals surface area contributed by atoms with Crippen LogP contribution in [0.1, 0.15) is 48.5 Å². The van der Waals surface area contributed by atoms with Gasteiger partial charge in [0.1, 0.15) is 18.1 Å². The number of piperidine rings is 1. The number of halogens is 2. The van der Waals surface area contributed by atoms with Crippen molar-refractivity contribution >= 4 is 5.91 Å². The number of nitrogens with zero attached hydrogens (tertiary/aromatic N) is 1. The van der Waals surface area contributed by atoms with Crippen LogP contribution in [-0.4, -0.2) is 62.7 Å². The molecule has 0 spiro atoms. The lowest BCUT2D eigenvalue weighted by atomic mass is 10.1. The van der Waals surface area contributed by atoms with Gasteiger partial charge in [0.15, 0.2) is 0 Å². The molecule has 36 heavy (non-hydrogen) atoms. The molecule has 0 saturated carbocycles. The first-order valence-corrected chi connectivity index (χ1v) is 12.9. The van der Waals surface area contributed by atoms with E-state index in [0.717, 1.165) is 44.6 Å². The van der Waals surface area contributed by atoms with Gasteiger partial charge in [0, 0.05) is 38.0 Å². The fourth-order valence-electron chi connectivity index (χ4n) is 4.11. The van der Waals surface area contributed by atoms with Gasteiger partial charge in [-0.15, -0.1) is 0 Å². The summed E-state index contributed by atoms with van der Waals surface area (Å²) in [7, 11) is 0. The second-order valence-corrected chi connectivity index (χ2v) is 9.64. The molecule has 0 aromatic heterocycles. The van der Waals surface area contributed by atoms with Gasteiger partial charge in [-0.3, -0.25) is 4.79 Å². The number of rotatable bonds is 15. The van der Waals surface area contributed by atoms with Crippen LogP contribution >= 0.6 is 0 Å². The number of hydrogen-bond acceptors (Lipinski definition) is 5. The highest BCUT2D eigenvalue weighted by molar-refractivity contribution is 5.92. The van der Waals surface area contributed by atoms with Crippen molar-refractivity contribution in [2.45, 2.75) is 45.0 Å². The molecule has 1 aliphatic rings. The highest BCUT2D eigenvalue weighted by atomic mass is 19.3. The number of likely N-dealkylation sites (tertiary alicyclic amines) is 1. The van der Waals surface area contributed by atoms with Crippen LogP contribution in [0.25, 0.3) is 0 Å². The zero-order valence-corrected chi connectivity index (χ0v) is 21.2. The lowest BCUT2D eigenvalue weighted by Gasteiger charge is -2.31. The first kappa shape index (κ1) is 27.9. The summed E-state index contributed by atoms with van der Waals surface area (Å²) in [5.41, 5.74) is 6.94. The van der Waals surface area contributed by atoms with E-state index in [4.69, 9.17) is 15.2 Å². The highest BCUT2D eigenvalue weighted by Crippen LogP contribution is 2.27. The van der Waals surface area contributed by atoms with Crippen LogP contribution in [0, 0.1) is 5.92 Å². The predicted molar refractivity (Wildman–Crippen MR) is 138 cm³/mol. The number of nitrogens with two attached hydrogens (primary N) is 1. The van der Waals surface area contributed by atoms with Crippen LogP contribution in [0.3, 0.4) is 0 Å². The molecule has 0 aliphatic carbocycles. The molecule has 1 fully saturated rings. The van der Waals surface area contributed by atoms with Crippen molar-refractivity contribution in [2.75, 3.05) is 45.9 Å². The molecular weight excluding hydrogens is 464 g/mol. The van der Waals surface area contributed by atoms with Crippen molar-refractivity contribution < 1.29 is 23.0 Å². The molecule has 3 rings (SSSR count). The maximum absolute atomic E-state index is 13.2.